The number of aryl methyl sites for hydroxylation is 3. The fraction of sp³-hybridized carbons (Fsp3) is 0.412. The minimum absolute atomic E-state index is 0.121. The van der Waals surface area contributed by atoms with E-state index in [1.54, 1.807) is 0 Å². The molecule has 0 atom stereocenters. The molecule has 0 spiro atoms. The lowest BCUT2D eigenvalue weighted by molar-refractivity contribution is 0.589. The molecule has 0 bridgehead atoms. The van der Waals surface area contributed by atoms with Gasteiger partial charge in [0.05, 0.1) is 5.69 Å². The van der Waals surface area contributed by atoms with Crippen molar-refractivity contribution in [3.05, 3.63) is 40.3 Å². The van der Waals surface area contributed by atoms with Crippen LogP contribution < -0.4 is 0 Å². The molecule has 0 fully saturated rings. The number of hydrogen-bond donors (Lipinski definition) is 1. The molecule has 0 unspecified atom stereocenters. The molecule has 20 heavy (non-hydrogen) atoms. The topological polar surface area (TPSA) is 52.5 Å². The molecule has 0 aliphatic rings. The van der Waals surface area contributed by atoms with Crippen molar-refractivity contribution in [2.75, 3.05) is 0 Å². The molecule has 0 aliphatic heterocycles. The van der Waals surface area contributed by atoms with Gasteiger partial charge in [0, 0.05) is 5.56 Å². The zero-order chi connectivity index (χ0) is 15.1. The predicted molar refractivity (Wildman–Crippen MR) is 81.6 cm³/mol. The first kappa shape index (κ1) is 14.3. The maximum absolute atomic E-state index is 9.23. The Morgan fingerprint density at radius 2 is 1.65 bits per heavy atom. The van der Waals surface area contributed by atoms with Crippen LogP contribution in [-0.2, 0) is 5.41 Å². The maximum Gasteiger partial charge on any atom is 0.166 e. The molecule has 0 saturated carbocycles. The van der Waals surface area contributed by atoms with E-state index >= 15 is 0 Å². The Morgan fingerprint density at radius 1 is 1.10 bits per heavy atom. The van der Waals surface area contributed by atoms with Gasteiger partial charge in [-0.15, -0.1) is 0 Å². The van der Waals surface area contributed by atoms with Gasteiger partial charge >= 0.3 is 0 Å². The number of aromatic nitrogens is 2. The summed E-state index contributed by atoms with van der Waals surface area (Å²) < 4.78 is 0. The van der Waals surface area contributed by atoms with Gasteiger partial charge in [-0.1, -0.05) is 32.9 Å². The van der Waals surface area contributed by atoms with Crippen molar-refractivity contribution in [3.8, 4) is 17.3 Å². The van der Waals surface area contributed by atoms with Crippen LogP contribution >= 0.6 is 0 Å². The van der Waals surface area contributed by atoms with Crippen LogP contribution in [0.25, 0.3) is 11.3 Å². The van der Waals surface area contributed by atoms with Crippen LogP contribution in [0.2, 0.25) is 0 Å². The third-order valence-corrected chi connectivity index (χ3v) is 3.58. The average Bonchev–Trinajstić information content (AvgIpc) is 2.68. The molecule has 1 N–H and O–H groups in total. The summed E-state index contributed by atoms with van der Waals surface area (Å²) in [6.07, 6.45) is 0. The van der Waals surface area contributed by atoms with Gasteiger partial charge in [0.2, 0.25) is 0 Å². The van der Waals surface area contributed by atoms with E-state index in [0.29, 0.717) is 5.69 Å². The smallest absolute Gasteiger partial charge is 0.166 e. The summed E-state index contributed by atoms with van der Waals surface area (Å²) in [5, 5.41) is 9.23. The molecule has 0 amide bonds. The number of imidazole rings is 1. The van der Waals surface area contributed by atoms with Crippen molar-refractivity contribution in [2.24, 2.45) is 0 Å². The van der Waals surface area contributed by atoms with E-state index < -0.39 is 0 Å². The second-order valence-electron chi connectivity index (χ2n) is 6.39. The van der Waals surface area contributed by atoms with Crippen molar-refractivity contribution >= 4 is 0 Å². The summed E-state index contributed by atoms with van der Waals surface area (Å²) in [5.41, 5.74) is 6.18. The third-order valence-electron chi connectivity index (χ3n) is 3.58. The third kappa shape index (κ3) is 2.46. The van der Waals surface area contributed by atoms with Crippen LogP contribution in [0, 0.1) is 32.1 Å². The van der Waals surface area contributed by atoms with E-state index in [1.807, 2.05) is 6.92 Å². The molecule has 2 rings (SSSR count). The molecule has 1 heterocycles. The van der Waals surface area contributed by atoms with Crippen LogP contribution in [0.5, 0.6) is 0 Å². The van der Waals surface area contributed by atoms with Crippen LogP contribution in [0.4, 0.5) is 0 Å². The highest BCUT2D eigenvalue weighted by atomic mass is 14.9. The van der Waals surface area contributed by atoms with Crippen molar-refractivity contribution in [2.45, 2.75) is 47.0 Å². The molecule has 2 aromatic rings. The molecule has 0 radical (unpaired) electrons. The Hall–Kier alpha value is -2.08. The van der Waals surface area contributed by atoms with E-state index in [0.717, 1.165) is 17.1 Å². The van der Waals surface area contributed by atoms with Crippen molar-refractivity contribution in [1.82, 2.24) is 9.97 Å². The van der Waals surface area contributed by atoms with Gasteiger partial charge in [0.15, 0.2) is 5.69 Å². The van der Waals surface area contributed by atoms with E-state index in [2.05, 4.69) is 62.8 Å². The molecule has 0 saturated heterocycles. The zero-order valence-electron chi connectivity index (χ0n) is 13.0. The monoisotopic (exact) mass is 267 g/mol. The van der Waals surface area contributed by atoms with Crippen molar-refractivity contribution in [1.29, 1.82) is 5.26 Å². The van der Waals surface area contributed by atoms with Gasteiger partial charge < -0.3 is 4.98 Å². The van der Waals surface area contributed by atoms with Gasteiger partial charge in [0.25, 0.3) is 0 Å². The molecular formula is C17H21N3. The van der Waals surface area contributed by atoms with Crippen LogP contribution in [0.15, 0.2) is 12.1 Å². The quantitative estimate of drug-likeness (QED) is 0.843. The van der Waals surface area contributed by atoms with Crippen LogP contribution in [-0.4, -0.2) is 9.97 Å². The first-order valence-corrected chi connectivity index (χ1v) is 6.83. The SMILES string of the molecule is Cc1nc(C#N)c(-c2c(C)cc(C(C)(C)C)cc2C)[nH]1. The minimum Gasteiger partial charge on any atom is -0.341 e. The highest BCUT2D eigenvalue weighted by Gasteiger charge is 2.19. The Balaban J connectivity index is 2.68. The van der Waals surface area contributed by atoms with E-state index in [9.17, 15) is 5.26 Å². The standard InChI is InChI=1S/C17H21N3/c1-10-7-13(17(4,5)6)8-11(2)15(10)16-14(9-18)19-12(3)20-16/h7-8H,1-6H3,(H,19,20). The lowest BCUT2D eigenvalue weighted by atomic mass is 9.83. The first-order chi connectivity index (χ1) is 9.24. The van der Waals surface area contributed by atoms with E-state index in [1.165, 1.54) is 16.7 Å². The summed E-state index contributed by atoms with van der Waals surface area (Å²) in [6.45, 7) is 12.7. The maximum atomic E-state index is 9.23. The van der Waals surface area contributed by atoms with Gasteiger partial charge in [0.1, 0.15) is 11.9 Å². The number of nitrogens with zero attached hydrogens (tertiary/aromatic N) is 2. The van der Waals surface area contributed by atoms with E-state index in [4.69, 9.17) is 0 Å². The lowest BCUT2D eigenvalue weighted by Crippen LogP contribution is -2.12. The minimum atomic E-state index is 0.121. The highest BCUT2D eigenvalue weighted by molar-refractivity contribution is 5.72. The number of nitriles is 1. The fourth-order valence-electron chi connectivity index (χ4n) is 2.54. The van der Waals surface area contributed by atoms with Gasteiger partial charge in [-0.2, -0.15) is 5.26 Å². The van der Waals surface area contributed by atoms with Crippen molar-refractivity contribution < 1.29 is 0 Å². The van der Waals surface area contributed by atoms with Gasteiger partial charge in [-0.3, -0.25) is 0 Å². The van der Waals surface area contributed by atoms with E-state index in [-0.39, 0.29) is 5.41 Å². The normalized spacial score (nSPS) is 11.4. The summed E-state index contributed by atoms with van der Waals surface area (Å²) in [7, 11) is 0. The summed E-state index contributed by atoms with van der Waals surface area (Å²) in [6, 6.07) is 6.59. The zero-order valence-corrected chi connectivity index (χ0v) is 13.0. The Morgan fingerprint density at radius 3 is 2.10 bits per heavy atom. The number of aromatic amines is 1. The van der Waals surface area contributed by atoms with Crippen molar-refractivity contribution in [3.63, 3.8) is 0 Å². The molecule has 3 nitrogen and oxygen atoms in total. The number of H-pyrrole nitrogens is 1. The summed E-state index contributed by atoms with van der Waals surface area (Å²) in [5.74, 6) is 0.773. The molecule has 0 aliphatic carbocycles. The number of benzene rings is 1. The summed E-state index contributed by atoms with van der Waals surface area (Å²) >= 11 is 0. The molecule has 1 aromatic carbocycles. The molecular weight excluding hydrogens is 246 g/mol. The number of hydrogen-bond acceptors (Lipinski definition) is 2. The Bertz CT molecular complexity index is 671. The van der Waals surface area contributed by atoms with Gasteiger partial charge in [-0.05, 0) is 42.9 Å². The average molecular weight is 267 g/mol. The molecule has 104 valence electrons. The number of nitrogens with one attached hydrogen (secondary N) is 1. The van der Waals surface area contributed by atoms with Crippen LogP contribution in [0.3, 0.4) is 0 Å². The second kappa shape index (κ2) is 4.79. The predicted octanol–water partition coefficient (Wildman–Crippen LogP) is 4.17. The number of rotatable bonds is 1. The lowest BCUT2D eigenvalue weighted by Gasteiger charge is -2.22. The second-order valence-corrected chi connectivity index (χ2v) is 6.39. The Kier molecular flexibility index (Phi) is 3.43. The summed E-state index contributed by atoms with van der Waals surface area (Å²) in [4.78, 5) is 7.46. The Labute approximate surface area is 120 Å². The first-order valence-electron chi connectivity index (χ1n) is 6.83. The largest absolute Gasteiger partial charge is 0.341 e. The van der Waals surface area contributed by atoms with Crippen LogP contribution in [0.1, 0.15) is 49.0 Å². The molecule has 3 heteroatoms. The van der Waals surface area contributed by atoms with Gasteiger partial charge in [-0.25, -0.2) is 4.98 Å². The highest BCUT2D eigenvalue weighted by Crippen LogP contribution is 2.33. The molecule has 1 aromatic heterocycles. The fourth-order valence-corrected chi connectivity index (χ4v) is 2.54.